The molecule has 4 nitrogen and oxygen atoms in total. The molecule has 0 aliphatic carbocycles. The van der Waals surface area contributed by atoms with Crippen LogP contribution in [0.2, 0.25) is 0 Å². The van der Waals surface area contributed by atoms with Gasteiger partial charge in [0.05, 0.1) is 12.6 Å². The number of ether oxygens (including phenoxy) is 1. The van der Waals surface area contributed by atoms with Crippen LogP contribution in [0.5, 0.6) is 5.75 Å². The molecule has 1 atom stereocenters. The zero-order chi connectivity index (χ0) is 25.0. The lowest BCUT2D eigenvalue weighted by atomic mass is 9.89. The third-order valence-electron chi connectivity index (χ3n) is 7.65. The number of hydrogen-bond donors (Lipinski definition) is 0. The minimum absolute atomic E-state index is 0.349. The molecule has 3 heterocycles. The number of imidazole rings is 1. The van der Waals surface area contributed by atoms with Gasteiger partial charge in [0.25, 0.3) is 0 Å². The number of fused-ring (bicyclic) bond motifs is 1. The summed E-state index contributed by atoms with van der Waals surface area (Å²) < 4.78 is 7.98. The topological polar surface area (TPSA) is 29.8 Å². The van der Waals surface area contributed by atoms with Crippen molar-refractivity contribution in [2.24, 2.45) is 0 Å². The highest BCUT2D eigenvalue weighted by Crippen LogP contribution is 2.36. The Morgan fingerprint density at radius 3 is 2.24 bits per heavy atom. The number of likely N-dealkylation sites (tertiary alicyclic amines) is 1. The Hall–Kier alpha value is -3.89. The van der Waals surface area contributed by atoms with E-state index in [1.165, 1.54) is 17.5 Å². The molecule has 3 aromatic carbocycles. The molecule has 0 saturated carbocycles. The normalized spacial score (nSPS) is 16.3. The molecule has 1 aliphatic rings. The van der Waals surface area contributed by atoms with E-state index in [9.17, 15) is 0 Å². The van der Waals surface area contributed by atoms with E-state index in [1.807, 2.05) is 12.1 Å². The summed E-state index contributed by atoms with van der Waals surface area (Å²) >= 11 is 0. The summed E-state index contributed by atoms with van der Waals surface area (Å²) in [6, 6.07) is 36.4. The van der Waals surface area contributed by atoms with Crippen molar-refractivity contribution in [2.45, 2.75) is 24.7 Å². The molecule has 0 amide bonds. The first-order valence-corrected chi connectivity index (χ1v) is 13.2. The quantitative estimate of drug-likeness (QED) is 0.247. The van der Waals surface area contributed by atoms with E-state index in [1.54, 1.807) is 7.11 Å². The van der Waals surface area contributed by atoms with Gasteiger partial charge < -0.3 is 14.0 Å². The first kappa shape index (κ1) is 23.5. The van der Waals surface area contributed by atoms with Crippen LogP contribution < -0.4 is 4.74 Å². The minimum Gasteiger partial charge on any atom is -0.496 e. The monoisotopic (exact) mass is 487 g/mol. The standard InChI is InChI=1S/C33H33N3O/c1-37-31-20-9-8-18-28(31)32-30-19-10-11-22-36(30)33(34-32)27-17-12-21-35(23-27)24-29(25-13-4-2-5-14-25)26-15-6-3-7-16-26/h2-11,13-16,18-20,22,27,29H,12,17,21,23-24H2,1H3. The molecule has 37 heavy (non-hydrogen) atoms. The van der Waals surface area contributed by atoms with Crippen LogP contribution in [-0.4, -0.2) is 41.0 Å². The molecule has 1 saturated heterocycles. The van der Waals surface area contributed by atoms with E-state index in [0.717, 1.165) is 54.4 Å². The highest BCUT2D eigenvalue weighted by atomic mass is 16.5. The van der Waals surface area contributed by atoms with E-state index in [-0.39, 0.29) is 0 Å². The number of para-hydroxylation sites is 1. The first-order valence-electron chi connectivity index (χ1n) is 13.2. The van der Waals surface area contributed by atoms with E-state index in [2.05, 4.69) is 106 Å². The van der Waals surface area contributed by atoms with Crippen molar-refractivity contribution < 1.29 is 4.74 Å². The van der Waals surface area contributed by atoms with Gasteiger partial charge in [0.2, 0.25) is 0 Å². The van der Waals surface area contributed by atoms with Gasteiger partial charge in [0.15, 0.2) is 0 Å². The highest BCUT2D eigenvalue weighted by Gasteiger charge is 2.28. The summed E-state index contributed by atoms with van der Waals surface area (Å²) in [6.45, 7) is 3.14. The second-order valence-corrected chi connectivity index (χ2v) is 9.95. The SMILES string of the molecule is COc1ccccc1-c1nc(C2CCCN(CC(c3ccccc3)c3ccccc3)C2)n2ccccc12. The maximum Gasteiger partial charge on any atom is 0.128 e. The Kier molecular flexibility index (Phi) is 6.74. The molecule has 0 N–H and O–H groups in total. The van der Waals surface area contributed by atoms with Crippen LogP contribution in [0.1, 0.15) is 41.6 Å². The average Bonchev–Trinajstić information content (AvgIpc) is 3.36. The van der Waals surface area contributed by atoms with Gasteiger partial charge in [-0.15, -0.1) is 0 Å². The number of nitrogens with zero attached hydrogens (tertiary/aromatic N) is 3. The molecule has 186 valence electrons. The van der Waals surface area contributed by atoms with Crippen molar-refractivity contribution >= 4 is 5.52 Å². The zero-order valence-corrected chi connectivity index (χ0v) is 21.3. The van der Waals surface area contributed by atoms with E-state index in [0.29, 0.717) is 11.8 Å². The highest BCUT2D eigenvalue weighted by molar-refractivity contribution is 5.81. The summed E-state index contributed by atoms with van der Waals surface area (Å²) in [5.74, 6) is 2.73. The number of hydrogen-bond acceptors (Lipinski definition) is 3. The third-order valence-corrected chi connectivity index (χ3v) is 7.65. The molecular weight excluding hydrogens is 454 g/mol. The number of aromatic nitrogens is 2. The molecular formula is C33H33N3O. The van der Waals surface area contributed by atoms with E-state index >= 15 is 0 Å². The molecule has 5 aromatic rings. The fraction of sp³-hybridized carbons (Fsp3) is 0.242. The summed E-state index contributed by atoms with van der Waals surface area (Å²) in [5.41, 5.74) is 5.92. The summed E-state index contributed by atoms with van der Waals surface area (Å²) in [4.78, 5) is 7.92. The second kappa shape index (κ2) is 10.6. The largest absolute Gasteiger partial charge is 0.496 e. The summed E-state index contributed by atoms with van der Waals surface area (Å²) in [6.07, 6.45) is 4.48. The van der Waals surface area contributed by atoms with E-state index in [4.69, 9.17) is 9.72 Å². The molecule has 1 unspecified atom stereocenters. The van der Waals surface area contributed by atoms with Crippen LogP contribution in [0.4, 0.5) is 0 Å². The summed E-state index contributed by atoms with van der Waals surface area (Å²) in [5, 5.41) is 0. The maximum atomic E-state index is 5.69. The Morgan fingerprint density at radius 1 is 0.838 bits per heavy atom. The average molecular weight is 488 g/mol. The fourth-order valence-electron chi connectivity index (χ4n) is 5.85. The lowest BCUT2D eigenvalue weighted by molar-refractivity contribution is 0.198. The molecule has 2 aromatic heterocycles. The fourth-order valence-corrected chi connectivity index (χ4v) is 5.85. The van der Waals surface area contributed by atoms with Crippen LogP contribution in [0.3, 0.4) is 0 Å². The molecule has 0 radical (unpaired) electrons. The molecule has 1 aliphatic heterocycles. The Bertz CT molecular complexity index is 1420. The number of methoxy groups -OCH3 is 1. The van der Waals surface area contributed by atoms with Crippen LogP contribution in [0, 0.1) is 0 Å². The Balaban J connectivity index is 1.32. The van der Waals surface area contributed by atoms with Gasteiger partial charge >= 0.3 is 0 Å². The van der Waals surface area contributed by atoms with E-state index < -0.39 is 0 Å². The van der Waals surface area contributed by atoms with Crippen LogP contribution in [-0.2, 0) is 0 Å². The molecule has 6 rings (SSSR count). The van der Waals surface area contributed by atoms with Gasteiger partial charge in [-0.1, -0.05) is 78.9 Å². The zero-order valence-electron chi connectivity index (χ0n) is 21.3. The first-order chi connectivity index (χ1) is 18.3. The van der Waals surface area contributed by atoms with Crippen molar-refractivity contribution in [2.75, 3.05) is 26.7 Å². The minimum atomic E-state index is 0.349. The van der Waals surface area contributed by atoms with Gasteiger partial charge in [-0.25, -0.2) is 4.98 Å². The number of pyridine rings is 1. The Morgan fingerprint density at radius 2 is 1.51 bits per heavy atom. The van der Waals surface area contributed by atoms with Gasteiger partial charge in [0.1, 0.15) is 17.3 Å². The predicted molar refractivity (Wildman–Crippen MR) is 150 cm³/mol. The molecule has 0 bridgehead atoms. The molecule has 0 spiro atoms. The predicted octanol–water partition coefficient (Wildman–Crippen LogP) is 7.02. The van der Waals surface area contributed by atoms with Crippen molar-refractivity contribution in [3.8, 4) is 17.0 Å². The lowest BCUT2D eigenvalue weighted by Gasteiger charge is -2.35. The van der Waals surface area contributed by atoms with Crippen molar-refractivity contribution in [3.05, 3.63) is 126 Å². The third kappa shape index (κ3) is 4.77. The number of piperidine rings is 1. The molecule has 1 fully saturated rings. The second-order valence-electron chi connectivity index (χ2n) is 9.95. The van der Waals surface area contributed by atoms with Gasteiger partial charge in [-0.3, -0.25) is 0 Å². The van der Waals surface area contributed by atoms with Crippen molar-refractivity contribution in [1.82, 2.24) is 14.3 Å². The van der Waals surface area contributed by atoms with Gasteiger partial charge in [-0.2, -0.15) is 0 Å². The van der Waals surface area contributed by atoms with Crippen LogP contribution in [0.25, 0.3) is 16.8 Å². The van der Waals surface area contributed by atoms with Crippen LogP contribution in [0.15, 0.2) is 109 Å². The van der Waals surface area contributed by atoms with Gasteiger partial charge in [-0.05, 0) is 54.8 Å². The Labute approximate surface area is 219 Å². The van der Waals surface area contributed by atoms with Crippen molar-refractivity contribution in [1.29, 1.82) is 0 Å². The van der Waals surface area contributed by atoms with Crippen LogP contribution >= 0.6 is 0 Å². The lowest BCUT2D eigenvalue weighted by Crippen LogP contribution is -2.38. The van der Waals surface area contributed by atoms with Gasteiger partial charge in [0, 0.05) is 36.7 Å². The number of rotatable bonds is 7. The molecule has 4 heteroatoms. The summed E-state index contributed by atoms with van der Waals surface area (Å²) in [7, 11) is 1.73. The smallest absolute Gasteiger partial charge is 0.128 e. The van der Waals surface area contributed by atoms with Crippen molar-refractivity contribution in [3.63, 3.8) is 0 Å². The number of benzene rings is 3. The maximum absolute atomic E-state index is 5.69.